The maximum Gasteiger partial charge on any atom is 0.306 e. The highest BCUT2D eigenvalue weighted by Crippen LogP contribution is 2.42. The SMILES string of the molecule is CCCCC(F)(F)[C@H](O)CC[C@@H]1[C@@H](CCCCCCC(=O)OCc2ccccc2)[C@H](O)C[C@H]1O[C@@H]1CCCCO1. The Labute approximate surface area is 238 Å². The predicted molar refractivity (Wildman–Crippen MR) is 150 cm³/mol. The van der Waals surface area contributed by atoms with Crippen LogP contribution in [0.1, 0.15) is 109 Å². The first kappa shape index (κ1) is 32.9. The summed E-state index contributed by atoms with van der Waals surface area (Å²) in [6.45, 7) is 2.80. The van der Waals surface area contributed by atoms with E-state index in [2.05, 4.69) is 0 Å². The number of hydrogen-bond donors (Lipinski definition) is 2. The Morgan fingerprint density at radius 3 is 2.58 bits per heavy atom. The van der Waals surface area contributed by atoms with Crippen molar-refractivity contribution in [3.8, 4) is 0 Å². The Bertz CT molecular complexity index is 832. The summed E-state index contributed by atoms with van der Waals surface area (Å²) >= 11 is 0. The van der Waals surface area contributed by atoms with Gasteiger partial charge in [-0.3, -0.25) is 4.79 Å². The maximum absolute atomic E-state index is 14.5. The number of unbranched alkanes of at least 4 members (excludes halogenated alkanes) is 4. The number of ether oxygens (including phenoxy) is 3. The smallest absolute Gasteiger partial charge is 0.306 e. The van der Waals surface area contributed by atoms with Crippen molar-refractivity contribution in [1.82, 2.24) is 0 Å². The zero-order valence-electron chi connectivity index (χ0n) is 24.2. The van der Waals surface area contributed by atoms with Gasteiger partial charge in [0.1, 0.15) is 12.7 Å². The Kier molecular flexibility index (Phi) is 14.3. The monoisotopic (exact) mass is 568 g/mol. The van der Waals surface area contributed by atoms with E-state index in [-0.39, 0.29) is 49.6 Å². The summed E-state index contributed by atoms with van der Waals surface area (Å²) in [6, 6.07) is 9.60. The zero-order chi connectivity index (χ0) is 28.8. The lowest BCUT2D eigenvalue weighted by atomic mass is 9.84. The van der Waals surface area contributed by atoms with Gasteiger partial charge in [0, 0.05) is 25.9 Å². The molecule has 0 bridgehead atoms. The van der Waals surface area contributed by atoms with Crippen LogP contribution in [0.3, 0.4) is 0 Å². The molecule has 2 fully saturated rings. The fraction of sp³-hybridized carbons (Fsp3) is 0.781. The maximum atomic E-state index is 14.5. The average Bonchev–Trinajstić information content (AvgIpc) is 3.25. The summed E-state index contributed by atoms with van der Waals surface area (Å²) in [4.78, 5) is 12.0. The second-order valence-electron chi connectivity index (χ2n) is 11.7. The molecule has 0 unspecified atom stereocenters. The number of carbonyl (C=O) groups excluding carboxylic acids is 1. The minimum Gasteiger partial charge on any atom is -0.461 e. The molecule has 8 heteroatoms. The van der Waals surface area contributed by atoms with Crippen molar-refractivity contribution in [1.29, 1.82) is 0 Å². The summed E-state index contributed by atoms with van der Waals surface area (Å²) in [6.07, 6.45) is 6.11. The molecule has 1 aromatic carbocycles. The van der Waals surface area contributed by atoms with Crippen molar-refractivity contribution in [2.75, 3.05) is 6.61 Å². The van der Waals surface area contributed by atoms with Crippen LogP contribution < -0.4 is 0 Å². The first-order valence-electron chi connectivity index (χ1n) is 15.5. The van der Waals surface area contributed by atoms with Gasteiger partial charge in [0.05, 0.1) is 12.2 Å². The van der Waals surface area contributed by atoms with E-state index >= 15 is 0 Å². The lowest BCUT2D eigenvalue weighted by Gasteiger charge is -2.31. The van der Waals surface area contributed by atoms with Crippen molar-refractivity contribution in [3.63, 3.8) is 0 Å². The summed E-state index contributed by atoms with van der Waals surface area (Å²) in [5.41, 5.74) is 0.968. The van der Waals surface area contributed by atoms with Crippen molar-refractivity contribution in [2.24, 2.45) is 11.8 Å². The molecular weight excluding hydrogens is 518 g/mol. The molecule has 6 nitrogen and oxygen atoms in total. The molecule has 0 radical (unpaired) electrons. The Morgan fingerprint density at radius 1 is 1.07 bits per heavy atom. The van der Waals surface area contributed by atoms with Crippen molar-refractivity contribution < 1.29 is 38.0 Å². The molecule has 1 aromatic rings. The van der Waals surface area contributed by atoms with Gasteiger partial charge in [-0.05, 0) is 68.8 Å². The zero-order valence-corrected chi connectivity index (χ0v) is 24.2. The van der Waals surface area contributed by atoms with E-state index in [9.17, 15) is 23.8 Å². The Balaban J connectivity index is 1.44. The van der Waals surface area contributed by atoms with Crippen LogP contribution in [-0.2, 0) is 25.6 Å². The Hall–Kier alpha value is -1.61. The van der Waals surface area contributed by atoms with E-state index in [0.29, 0.717) is 38.7 Å². The van der Waals surface area contributed by atoms with Gasteiger partial charge in [0.2, 0.25) is 0 Å². The number of benzene rings is 1. The summed E-state index contributed by atoms with van der Waals surface area (Å²) in [5.74, 6) is -3.48. The molecule has 1 saturated heterocycles. The number of alkyl halides is 2. The highest BCUT2D eigenvalue weighted by molar-refractivity contribution is 5.69. The number of hydrogen-bond acceptors (Lipinski definition) is 6. The molecule has 0 spiro atoms. The quantitative estimate of drug-likeness (QED) is 0.147. The third-order valence-electron chi connectivity index (χ3n) is 8.50. The first-order valence-corrected chi connectivity index (χ1v) is 15.5. The molecule has 0 aromatic heterocycles. The van der Waals surface area contributed by atoms with Crippen LogP contribution in [0.15, 0.2) is 30.3 Å². The molecule has 2 N–H and O–H groups in total. The third kappa shape index (κ3) is 11.0. The molecule has 228 valence electrons. The van der Waals surface area contributed by atoms with Crippen molar-refractivity contribution in [2.45, 2.75) is 140 Å². The summed E-state index contributed by atoms with van der Waals surface area (Å²) in [7, 11) is 0. The largest absolute Gasteiger partial charge is 0.461 e. The fourth-order valence-electron chi connectivity index (χ4n) is 6.08. The van der Waals surface area contributed by atoms with Gasteiger partial charge in [-0.1, -0.05) is 62.9 Å². The minimum absolute atomic E-state index is 0.0128. The number of carbonyl (C=O) groups is 1. The molecule has 3 rings (SSSR count). The number of halogens is 2. The van der Waals surface area contributed by atoms with Gasteiger partial charge in [0.25, 0.3) is 5.92 Å². The van der Waals surface area contributed by atoms with Crippen LogP contribution in [0.25, 0.3) is 0 Å². The molecule has 1 aliphatic carbocycles. The van der Waals surface area contributed by atoms with Crippen molar-refractivity contribution >= 4 is 5.97 Å². The summed E-state index contributed by atoms with van der Waals surface area (Å²) < 4.78 is 46.3. The van der Waals surface area contributed by atoms with Crippen LogP contribution in [-0.4, -0.2) is 53.3 Å². The van der Waals surface area contributed by atoms with Gasteiger partial charge in [-0.25, -0.2) is 8.78 Å². The number of esters is 1. The molecule has 0 amide bonds. The number of rotatable bonds is 18. The highest BCUT2D eigenvalue weighted by Gasteiger charge is 2.45. The normalized spacial score (nSPS) is 26.1. The van der Waals surface area contributed by atoms with E-state index in [1.54, 1.807) is 0 Å². The lowest BCUT2D eigenvalue weighted by molar-refractivity contribution is -0.197. The first-order chi connectivity index (χ1) is 19.3. The van der Waals surface area contributed by atoms with Crippen molar-refractivity contribution in [3.05, 3.63) is 35.9 Å². The highest BCUT2D eigenvalue weighted by atomic mass is 19.3. The molecule has 1 saturated carbocycles. The molecule has 1 heterocycles. The van der Waals surface area contributed by atoms with E-state index in [0.717, 1.165) is 56.9 Å². The minimum atomic E-state index is -3.10. The number of aliphatic hydroxyl groups excluding tert-OH is 2. The molecule has 40 heavy (non-hydrogen) atoms. The van der Waals surface area contributed by atoms with Gasteiger partial charge in [-0.2, -0.15) is 0 Å². The number of aliphatic hydroxyl groups is 2. The van der Waals surface area contributed by atoms with E-state index in [1.807, 2.05) is 37.3 Å². The third-order valence-corrected chi connectivity index (χ3v) is 8.50. The van der Waals surface area contributed by atoms with E-state index < -0.39 is 18.1 Å². The molecule has 6 atom stereocenters. The van der Waals surface area contributed by atoms with E-state index in [4.69, 9.17) is 14.2 Å². The van der Waals surface area contributed by atoms with E-state index in [1.165, 1.54) is 0 Å². The second kappa shape index (κ2) is 17.4. The fourth-order valence-corrected chi connectivity index (χ4v) is 6.08. The topological polar surface area (TPSA) is 85.2 Å². The summed E-state index contributed by atoms with van der Waals surface area (Å²) in [5, 5.41) is 21.3. The molecule has 1 aliphatic heterocycles. The van der Waals surface area contributed by atoms with Crippen LogP contribution in [0, 0.1) is 11.8 Å². The van der Waals surface area contributed by atoms with Gasteiger partial charge in [-0.15, -0.1) is 0 Å². The van der Waals surface area contributed by atoms with Crippen LogP contribution in [0.2, 0.25) is 0 Å². The van der Waals surface area contributed by atoms with Gasteiger partial charge in [0.15, 0.2) is 6.29 Å². The Morgan fingerprint density at radius 2 is 1.85 bits per heavy atom. The van der Waals surface area contributed by atoms with Crippen LogP contribution >= 0.6 is 0 Å². The molecule has 2 aliphatic rings. The second-order valence-corrected chi connectivity index (χ2v) is 11.7. The lowest BCUT2D eigenvalue weighted by Crippen LogP contribution is -2.36. The van der Waals surface area contributed by atoms with Gasteiger partial charge < -0.3 is 24.4 Å². The average molecular weight is 569 g/mol. The standard InChI is InChI=1S/C32H50F2O6/c1-2-3-20-32(33,34)29(36)19-18-26-25(27(35)22-28(26)40-31-17-11-12-21-38-31)15-9-4-5-10-16-30(37)39-23-24-13-7-6-8-14-24/h6-8,13-14,25-29,31,35-36H,2-5,9-12,15-23H2,1H3/t25-,26-,27-,28-,29-,31-/m1/s1. The predicted octanol–water partition coefficient (Wildman–Crippen LogP) is 6.95. The van der Waals surface area contributed by atoms with Gasteiger partial charge >= 0.3 is 5.97 Å². The molecular formula is C32H50F2O6. The van der Waals surface area contributed by atoms with Crippen LogP contribution in [0.4, 0.5) is 8.78 Å². The van der Waals surface area contributed by atoms with Crippen LogP contribution in [0.5, 0.6) is 0 Å².